The van der Waals surface area contributed by atoms with E-state index in [1.807, 2.05) is 31.2 Å². The molecule has 35 heavy (non-hydrogen) atoms. The van der Waals surface area contributed by atoms with Crippen LogP contribution in [0.2, 0.25) is 0 Å². The number of carbonyl (C=O) groups excluding carboxylic acids is 2. The van der Waals surface area contributed by atoms with E-state index in [1.165, 1.54) is 0 Å². The molecule has 0 fully saturated rings. The smallest absolute Gasteiger partial charge is 0.407 e. The van der Waals surface area contributed by atoms with Crippen molar-refractivity contribution in [3.8, 4) is 11.1 Å². The number of hydrogen-bond donors (Lipinski definition) is 3. The molecule has 8 nitrogen and oxygen atoms in total. The van der Waals surface area contributed by atoms with E-state index in [-0.39, 0.29) is 25.5 Å². The summed E-state index contributed by atoms with van der Waals surface area (Å²) in [4.78, 5) is 38.4. The summed E-state index contributed by atoms with van der Waals surface area (Å²) < 4.78 is 5.62. The highest BCUT2D eigenvalue weighted by Gasteiger charge is 2.29. The quantitative estimate of drug-likeness (QED) is 0.428. The Kier molecular flexibility index (Phi) is 9.25. The summed E-state index contributed by atoms with van der Waals surface area (Å²) in [5.74, 6) is -1.56. The average Bonchev–Trinajstić information content (AvgIpc) is 3.14. The van der Waals surface area contributed by atoms with Gasteiger partial charge >= 0.3 is 12.1 Å². The summed E-state index contributed by atoms with van der Waals surface area (Å²) in [6.45, 7) is 2.40. The van der Waals surface area contributed by atoms with Gasteiger partial charge in [0.2, 0.25) is 5.91 Å². The Labute approximate surface area is 206 Å². The highest BCUT2D eigenvalue weighted by molar-refractivity contribution is 5.84. The SMILES string of the molecule is CCCCC(CC(=O)N[C@@H](CN(C)C)C(=O)O)NC(=O)OCC1c2ccccc2-c2ccccc21. The fourth-order valence-corrected chi connectivity index (χ4v) is 4.51. The first-order valence-corrected chi connectivity index (χ1v) is 12.1. The summed E-state index contributed by atoms with van der Waals surface area (Å²) in [6.07, 6.45) is 1.73. The summed E-state index contributed by atoms with van der Waals surface area (Å²) in [7, 11) is 3.48. The number of unbranched alkanes of at least 4 members (excludes halogenated alkanes) is 1. The number of alkyl carbamates (subject to hydrolysis) is 1. The first-order valence-electron chi connectivity index (χ1n) is 12.1. The van der Waals surface area contributed by atoms with Crippen molar-refractivity contribution < 1.29 is 24.2 Å². The van der Waals surface area contributed by atoms with Crippen LogP contribution in [0.25, 0.3) is 11.1 Å². The van der Waals surface area contributed by atoms with Crippen molar-refractivity contribution in [3.63, 3.8) is 0 Å². The van der Waals surface area contributed by atoms with Gasteiger partial charge in [0, 0.05) is 24.9 Å². The zero-order chi connectivity index (χ0) is 25.4. The lowest BCUT2D eigenvalue weighted by molar-refractivity contribution is -0.142. The largest absolute Gasteiger partial charge is 0.480 e. The third-order valence-corrected chi connectivity index (χ3v) is 6.18. The van der Waals surface area contributed by atoms with Crippen molar-refractivity contribution in [2.75, 3.05) is 27.2 Å². The fourth-order valence-electron chi connectivity index (χ4n) is 4.51. The van der Waals surface area contributed by atoms with Gasteiger partial charge in [-0.3, -0.25) is 4.79 Å². The Morgan fingerprint density at radius 1 is 1.00 bits per heavy atom. The second-order valence-electron chi connectivity index (χ2n) is 9.23. The van der Waals surface area contributed by atoms with Gasteiger partial charge in [-0.25, -0.2) is 9.59 Å². The number of amides is 2. The number of carboxylic acid groups (broad SMARTS) is 1. The van der Waals surface area contributed by atoms with Crippen molar-refractivity contribution in [3.05, 3.63) is 59.7 Å². The molecular formula is C27H35N3O5. The lowest BCUT2D eigenvalue weighted by Gasteiger charge is -2.22. The second kappa shape index (κ2) is 12.4. The van der Waals surface area contributed by atoms with Crippen molar-refractivity contribution in [2.45, 2.75) is 50.6 Å². The molecule has 8 heteroatoms. The number of carboxylic acids is 1. The molecule has 1 aliphatic carbocycles. The minimum absolute atomic E-state index is 0.0125. The van der Waals surface area contributed by atoms with Crippen LogP contribution in [0.3, 0.4) is 0 Å². The molecule has 3 rings (SSSR count). The van der Waals surface area contributed by atoms with Gasteiger partial charge in [0.15, 0.2) is 0 Å². The first kappa shape index (κ1) is 26.2. The van der Waals surface area contributed by atoms with Crippen LogP contribution < -0.4 is 10.6 Å². The summed E-state index contributed by atoms with van der Waals surface area (Å²) >= 11 is 0. The lowest BCUT2D eigenvalue weighted by atomic mass is 9.98. The second-order valence-corrected chi connectivity index (χ2v) is 9.23. The first-order chi connectivity index (χ1) is 16.8. The van der Waals surface area contributed by atoms with E-state index < -0.39 is 30.1 Å². The number of nitrogens with zero attached hydrogens (tertiary/aromatic N) is 1. The Hall–Kier alpha value is -3.39. The molecule has 0 saturated carbocycles. The van der Waals surface area contributed by atoms with Crippen molar-refractivity contribution in [1.82, 2.24) is 15.5 Å². The van der Waals surface area contributed by atoms with E-state index in [0.717, 1.165) is 35.1 Å². The maximum atomic E-state index is 12.7. The zero-order valence-electron chi connectivity index (χ0n) is 20.6. The molecule has 0 spiro atoms. The third kappa shape index (κ3) is 7.05. The van der Waals surface area contributed by atoms with Crippen LogP contribution in [0.15, 0.2) is 48.5 Å². The monoisotopic (exact) mass is 481 g/mol. The molecule has 0 heterocycles. The molecule has 0 radical (unpaired) electrons. The average molecular weight is 482 g/mol. The molecule has 2 amide bonds. The highest BCUT2D eigenvalue weighted by atomic mass is 16.5. The Balaban J connectivity index is 1.60. The Morgan fingerprint density at radius 3 is 2.14 bits per heavy atom. The van der Waals surface area contributed by atoms with E-state index in [4.69, 9.17) is 4.74 Å². The predicted octanol–water partition coefficient (Wildman–Crippen LogP) is 3.61. The van der Waals surface area contributed by atoms with Crippen LogP contribution in [0.4, 0.5) is 4.79 Å². The number of aliphatic carboxylic acids is 1. The third-order valence-electron chi connectivity index (χ3n) is 6.18. The van der Waals surface area contributed by atoms with Crippen LogP contribution in [-0.4, -0.2) is 67.3 Å². The molecule has 2 aromatic rings. The molecule has 0 bridgehead atoms. The maximum Gasteiger partial charge on any atom is 0.407 e. The molecule has 1 aliphatic rings. The minimum Gasteiger partial charge on any atom is -0.480 e. The summed E-state index contributed by atoms with van der Waals surface area (Å²) in [5.41, 5.74) is 4.56. The lowest BCUT2D eigenvalue weighted by Crippen LogP contribution is -2.48. The van der Waals surface area contributed by atoms with Gasteiger partial charge in [0.05, 0.1) is 0 Å². The molecule has 0 saturated heterocycles. The molecule has 1 unspecified atom stereocenters. The van der Waals surface area contributed by atoms with Gasteiger partial charge in [-0.05, 0) is 42.8 Å². The Bertz CT molecular complexity index is 993. The standard InChI is InChI=1S/C27H35N3O5/c1-4-5-10-18(15-25(31)29-24(26(32)33)16-30(2)3)28-27(34)35-17-23-21-13-8-6-11-19(21)20-12-7-9-14-22(20)23/h6-9,11-14,18,23-24H,4-5,10,15-17H2,1-3H3,(H,28,34)(H,29,31)(H,32,33)/t18?,24-/m0/s1. The van der Waals surface area contributed by atoms with Gasteiger partial charge in [0.25, 0.3) is 0 Å². The van der Waals surface area contributed by atoms with Crippen LogP contribution in [0, 0.1) is 0 Å². The van der Waals surface area contributed by atoms with E-state index in [1.54, 1.807) is 19.0 Å². The van der Waals surface area contributed by atoms with Crippen molar-refractivity contribution in [1.29, 1.82) is 0 Å². The number of fused-ring (bicyclic) bond motifs is 3. The Morgan fingerprint density at radius 2 is 1.60 bits per heavy atom. The molecule has 188 valence electrons. The van der Waals surface area contributed by atoms with Gasteiger partial charge in [-0.15, -0.1) is 0 Å². The van der Waals surface area contributed by atoms with E-state index >= 15 is 0 Å². The minimum atomic E-state index is -1.10. The number of hydrogen-bond acceptors (Lipinski definition) is 5. The fraction of sp³-hybridized carbons (Fsp3) is 0.444. The van der Waals surface area contributed by atoms with Gasteiger partial charge in [-0.2, -0.15) is 0 Å². The topological polar surface area (TPSA) is 108 Å². The number of nitrogens with one attached hydrogen (secondary N) is 2. The van der Waals surface area contributed by atoms with Crippen LogP contribution in [-0.2, 0) is 14.3 Å². The van der Waals surface area contributed by atoms with Gasteiger partial charge < -0.3 is 25.4 Å². The number of carbonyl (C=O) groups is 3. The van der Waals surface area contributed by atoms with Gasteiger partial charge in [-0.1, -0.05) is 68.3 Å². The number of ether oxygens (including phenoxy) is 1. The summed E-state index contributed by atoms with van der Waals surface area (Å²) in [6, 6.07) is 14.8. The van der Waals surface area contributed by atoms with E-state index in [0.29, 0.717) is 6.42 Å². The molecule has 0 aliphatic heterocycles. The van der Waals surface area contributed by atoms with Crippen molar-refractivity contribution >= 4 is 18.0 Å². The van der Waals surface area contributed by atoms with Crippen LogP contribution in [0.5, 0.6) is 0 Å². The molecule has 2 atom stereocenters. The molecule has 0 aromatic heterocycles. The normalized spacial score (nSPS) is 14.1. The van der Waals surface area contributed by atoms with E-state index in [2.05, 4.69) is 34.9 Å². The van der Waals surface area contributed by atoms with Crippen LogP contribution in [0.1, 0.15) is 49.7 Å². The maximum absolute atomic E-state index is 12.7. The summed E-state index contributed by atoms with van der Waals surface area (Å²) in [5, 5.41) is 14.7. The van der Waals surface area contributed by atoms with E-state index in [9.17, 15) is 19.5 Å². The molecular weight excluding hydrogens is 446 g/mol. The molecule has 2 aromatic carbocycles. The zero-order valence-corrected chi connectivity index (χ0v) is 20.6. The predicted molar refractivity (Wildman–Crippen MR) is 134 cm³/mol. The van der Waals surface area contributed by atoms with Crippen molar-refractivity contribution in [2.24, 2.45) is 0 Å². The number of rotatable bonds is 12. The molecule has 3 N–H and O–H groups in total. The van der Waals surface area contributed by atoms with Crippen LogP contribution >= 0.6 is 0 Å². The number of benzene rings is 2. The van der Waals surface area contributed by atoms with Gasteiger partial charge in [0.1, 0.15) is 12.6 Å². The number of likely N-dealkylation sites (N-methyl/N-ethyl adjacent to an activating group) is 1. The highest BCUT2D eigenvalue weighted by Crippen LogP contribution is 2.44.